The van der Waals surface area contributed by atoms with E-state index in [1.807, 2.05) is 46.9 Å². The van der Waals surface area contributed by atoms with Crippen molar-refractivity contribution in [2.24, 2.45) is 0 Å². The number of hydrogen-bond acceptors (Lipinski definition) is 4. The fraction of sp³-hybridized carbons (Fsp3) is 0. The number of hydrogen-bond donors (Lipinski definition) is 0. The van der Waals surface area contributed by atoms with Crippen LogP contribution in [0.4, 0.5) is 0 Å². The van der Waals surface area contributed by atoms with Gasteiger partial charge in [0.05, 0.1) is 11.2 Å². The second-order valence-corrected chi connectivity index (χ2v) is 19.3. The molecule has 0 unspecified atom stereocenters. The van der Waals surface area contributed by atoms with Crippen molar-refractivity contribution < 1.29 is 0 Å². The lowest BCUT2D eigenvalue weighted by atomic mass is 9.91. The Morgan fingerprint density at radius 3 is 1.65 bits per heavy atom. The number of aromatic nitrogens is 2. The Hall–Kier alpha value is -8.28. The maximum Gasteiger partial charge on any atom is 0.160 e. The molecule has 0 aliphatic rings. The Kier molecular flexibility index (Phi) is 9.93. The van der Waals surface area contributed by atoms with Gasteiger partial charge in [-0.05, 0) is 115 Å². The summed E-state index contributed by atoms with van der Waals surface area (Å²) in [6.07, 6.45) is 0. The Labute approximate surface area is 402 Å². The van der Waals surface area contributed by atoms with Crippen molar-refractivity contribution in [3.8, 4) is 88.7 Å². The molecule has 2 nitrogen and oxygen atoms in total. The first-order valence-electron chi connectivity index (χ1n) is 22.9. The van der Waals surface area contributed by atoms with Crippen LogP contribution in [0.2, 0.25) is 0 Å². The molecule has 0 N–H and O–H groups in total. The van der Waals surface area contributed by atoms with E-state index in [0.29, 0.717) is 0 Å². The number of para-hydroxylation sites is 1. The van der Waals surface area contributed by atoms with E-state index in [1.165, 1.54) is 85.9 Å². The maximum absolute atomic E-state index is 5.11. The summed E-state index contributed by atoms with van der Waals surface area (Å²) in [4.78, 5) is 11.3. The number of nitrogens with zero attached hydrogens (tertiary/aromatic N) is 2. The number of thiophene rings is 2. The van der Waals surface area contributed by atoms with Crippen LogP contribution >= 0.6 is 22.7 Å². The monoisotopic (exact) mass is 900 g/mol. The fourth-order valence-electron chi connectivity index (χ4n) is 9.71. The van der Waals surface area contributed by atoms with Crippen LogP contribution in [-0.2, 0) is 0 Å². The van der Waals surface area contributed by atoms with Crippen molar-refractivity contribution in [1.82, 2.24) is 9.97 Å². The van der Waals surface area contributed by atoms with Crippen molar-refractivity contribution in [2.75, 3.05) is 0 Å². The lowest BCUT2D eigenvalue weighted by Gasteiger charge is -2.14. The van der Waals surface area contributed by atoms with Crippen LogP contribution in [0.5, 0.6) is 0 Å². The molecule has 0 amide bonds. The zero-order valence-electron chi connectivity index (χ0n) is 36.8. The van der Waals surface area contributed by atoms with Crippen LogP contribution in [0.1, 0.15) is 0 Å². The van der Waals surface area contributed by atoms with E-state index in [9.17, 15) is 0 Å². The maximum atomic E-state index is 5.11. The average Bonchev–Trinajstić information content (AvgIpc) is 4.03. The van der Waals surface area contributed by atoms with Gasteiger partial charge < -0.3 is 0 Å². The van der Waals surface area contributed by atoms with Crippen LogP contribution < -0.4 is 0 Å². The molecule has 0 aliphatic carbocycles. The van der Waals surface area contributed by atoms with Gasteiger partial charge in [0, 0.05) is 52.7 Å². The first-order valence-corrected chi connectivity index (χ1v) is 24.6. The van der Waals surface area contributed by atoms with Crippen LogP contribution in [0, 0.1) is 0 Å². The molecule has 3 aromatic heterocycles. The largest absolute Gasteiger partial charge is 0.228 e. The van der Waals surface area contributed by atoms with Gasteiger partial charge in [-0.25, -0.2) is 9.97 Å². The Morgan fingerprint density at radius 1 is 0.309 bits per heavy atom. The third kappa shape index (κ3) is 7.28. The van der Waals surface area contributed by atoms with Crippen LogP contribution in [-0.4, -0.2) is 9.97 Å². The summed E-state index contributed by atoms with van der Waals surface area (Å²) in [5.41, 5.74) is 17.2. The van der Waals surface area contributed by atoms with Crippen molar-refractivity contribution in [3.63, 3.8) is 0 Å². The number of benzene rings is 10. The van der Waals surface area contributed by atoms with E-state index in [4.69, 9.17) is 9.97 Å². The molecule has 0 saturated carbocycles. The molecule has 68 heavy (non-hydrogen) atoms. The summed E-state index contributed by atoms with van der Waals surface area (Å²) < 4.78 is 2.57. The first kappa shape index (κ1) is 40.0. The van der Waals surface area contributed by atoms with Crippen LogP contribution in [0.25, 0.3) is 131 Å². The van der Waals surface area contributed by atoms with Gasteiger partial charge in [0.2, 0.25) is 0 Å². The van der Waals surface area contributed by atoms with Crippen molar-refractivity contribution >= 4 is 64.5 Å². The SMILES string of the molecule is c1ccc(-c2nc(-c3ccc(-c4ccc(-c5cc(-c6ccc7scc(-c8ccccc8)c7c6)cc(-c6sc7ccccc7c6-c6ccc7ccccc7c6)c5)cc4)cc3)c3ccccc3n2)cc1. The molecule has 13 rings (SSSR count). The summed E-state index contributed by atoms with van der Waals surface area (Å²) in [6.45, 7) is 0. The predicted octanol–water partition coefficient (Wildman–Crippen LogP) is 18.5. The van der Waals surface area contributed by atoms with Crippen molar-refractivity contribution in [2.45, 2.75) is 0 Å². The third-order valence-corrected chi connectivity index (χ3v) is 15.3. The molecule has 0 fully saturated rings. The summed E-state index contributed by atoms with van der Waals surface area (Å²) in [5.74, 6) is 0.729. The van der Waals surface area contributed by atoms with E-state index in [1.54, 1.807) is 0 Å². The van der Waals surface area contributed by atoms with Crippen molar-refractivity contribution in [3.05, 3.63) is 242 Å². The van der Waals surface area contributed by atoms with Gasteiger partial charge >= 0.3 is 0 Å². The molecule has 13 aromatic rings. The number of rotatable bonds is 8. The minimum absolute atomic E-state index is 0.729. The molecular formula is C64H40N2S2. The second-order valence-electron chi connectivity index (χ2n) is 17.3. The molecule has 0 spiro atoms. The van der Waals surface area contributed by atoms with E-state index >= 15 is 0 Å². The standard InChI is InChI=1S/C64H40N2S2/c1-3-14-45(15-4-1)57-40-67-59-34-33-49(39-56(57)59)52-36-51(37-53(38-52)63-61(55-20-10-12-22-60(55)68-63)50-32-29-41-13-7-8-18-48(41)35-50)44-25-23-42(24-26-44)43-27-30-46(31-28-43)62-54-19-9-11-21-58(54)65-64(66-62)47-16-5-2-6-17-47/h1-40H. The third-order valence-electron chi connectivity index (χ3n) is 13.2. The lowest BCUT2D eigenvalue weighted by molar-refractivity contribution is 1.23. The lowest BCUT2D eigenvalue weighted by Crippen LogP contribution is -1.95. The molecule has 0 saturated heterocycles. The summed E-state index contributed by atoms with van der Waals surface area (Å²) in [5, 5.41) is 8.39. The molecule has 10 aromatic carbocycles. The molecule has 0 bridgehead atoms. The molecule has 318 valence electrons. The fourth-order valence-corrected chi connectivity index (χ4v) is 11.9. The van der Waals surface area contributed by atoms with Gasteiger partial charge in [-0.15, -0.1) is 22.7 Å². The van der Waals surface area contributed by atoms with Crippen LogP contribution in [0.3, 0.4) is 0 Å². The summed E-state index contributed by atoms with van der Waals surface area (Å²) in [6, 6.07) is 85.7. The van der Waals surface area contributed by atoms with Gasteiger partial charge in [0.15, 0.2) is 5.82 Å². The van der Waals surface area contributed by atoms with Gasteiger partial charge in [0.1, 0.15) is 0 Å². The zero-order chi connectivity index (χ0) is 45.0. The summed E-state index contributed by atoms with van der Waals surface area (Å²) >= 11 is 3.69. The molecule has 0 radical (unpaired) electrons. The van der Waals surface area contributed by atoms with Crippen LogP contribution in [0.15, 0.2) is 242 Å². The topological polar surface area (TPSA) is 25.8 Å². The summed E-state index contributed by atoms with van der Waals surface area (Å²) in [7, 11) is 0. The van der Waals surface area contributed by atoms with Gasteiger partial charge in [-0.2, -0.15) is 0 Å². The highest BCUT2D eigenvalue weighted by Crippen LogP contribution is 2.48. The highest BCUT2D eigenvalue weighted by molar-refractivity contribution is 7.23. The normalized spacial score (nSPS) is 11.5. The highest BCUT2D eigenvalue weighted by atomic mass is 32.1. The Morgan fingerprint density at radius 2 is 0.882 bits per heavy atom. The minimum atomic E-state index is 0.729. The quantitative estimate of drug-likeness (QED) is 0.152. The number of fused-ring (bicyclic) bond motifs is 4. The molecule has 3 heterocycles. The minimum Gasteiger partial charge on any atom is -0.228 e. The van der Waals surface area contributed by atoms with Gasteiger partial charge in [-0.3, -0.25) is 0 Å². The second kappa shape index (κ2) is 16.9. The van der Waals surface area contributed by atoms with Crippen molar-refractivity contribution in [1.29, 1.82) is 0 Å². The van der Waals surface area contributed by atoms with Gasteiger partial charge in [0.25, 0.3) is 0 Å². The predicted molar refractivity (Wildman–Crippen MR) is 291 cm³/mol. The molecular weight excluding hydrogens is 861 g/mol. The highest BCUT2D eigenvalue weighted by Gasteiger charge is 2.19. The van der Waals surface area contributed by atoms with E-state index < -0.39 is 0 Å². The van der Waals surface area contributed by atoms with E-state index in [0.717, 1.165) is 44.7 Å². The molecule has 4 heteroatoms. The molecule has 0 atom stereocenters. The van der Waals surface area contributed by atoms with Gasteiger partial charge in [-0.1, -0.05) is 188 Å². The smallest absolute Gasteiger partial charge is 0.160 e. The Balaban J connectivity index is 0.919. The average molecular weight is 901 g/mol. The van der Waals surface area contributed by atoms with E-state index in [-0.39, 0.29) is 0 Å². The molecule has 0 aliphatic heterocycles. The Bertz CT molecular complexity index is 4000. The zero-order valence-corrected chi connectivity index (χ0v) is 38.4. The van der Waals surface area contributed by atoms with E-state index in [2.05, 4.69) is 218 Å². The first-order chi connectivity index (χ1) is 33.7.